The Morgan fingerprint density at radius 3 is 2.80 bits per heavy atom. The Labute approximate surface area is 88.6 Å². The minimum atomic E-state index is 0.972. The maximum atomic E-state index is 4.62. The maximum Gasteiger partial charge on any atom is 0.207 e. The molecule has 1 fully saturated rings. The molecular formula is C11H14N4. The van der Waals surface area contributed by atoms with Crippen LogP contribution in [0.3, 0.4) is 0 Å². The van der Waals surface area contributed by atoms with Gasteiger partial charge in [0.15, 0.2) is 5.65 Å². The molecule has 0 unspecified atom stereocenters. The number of fused-ring (bicyclic) bond motifs is 1. The van der Waals surface area contributed by atoms with E-state index in [4.69, 9.17) is 0 Å². The third kappa shape index (κ3) is 1.28. The molecule has 0 radical (unpaired) electrons. The minimum absolute atomic E-state index is 0.972. The Kier molecular flexibility index (Phi) is 1.87. The van der Waals surface area contributed by atoms with Crippen LogP contribution in [-0.2, 0) is 7.05 Å². The summed E-state index contributed by atoms with van der Waals surface area (Å²) in [5.41, 5.74) is 1.96. The van der Waals surface area contributed by atoms with Crippen molar-refractivity contribution in [3.63, 3.8) is 0 Å². The highest BCUT2D eigenvalue weighted by Crippen LogP contribution is 2.22. The highest BCUT2D eigenvalue weighted by Gasteiger charge is 2.18. The summed E-state index contributed by atoms with van der Waals surface area (Å²) < 4.78 is 2.08. The van der Waals surface area contributed by atoms with E-state index in [9.17, 15) is 0 Å². The predicted molar refractivity (Wildman–Crippen MR) is 60.0 cm³/mol. The van der Waals surface area contributed by atoms with Crippen molar-refractivity contribution in [1.29, 1.82) is 0 Å². The molecule has 0 spiro atoms. The van der Waals surface area contributed by atoms with Gasteiger partial charge in [-0.25, -0.2) is 9.97 Å². The molecular weight excluding hydrogens is 188 g/mol. The van der Waals surface area contributed by atoms with Gasteiger partial charge in [-0.1, -0.05) is 0 Å². The van der Waals surface area contributed by atoms with E-state index >= 15 is 0 Å². The van der Waals surface area contributed by atoms with Gasteiger partial charge in [0.25, 0.3) is 0 Å². The summed E-state index contributed by atoms with van der Waals surface area (Å²) in [7, 11) is 2.04. The standard InChI is InChI=1S/C11H14N4/c1-14-10-9(5-4-6-12-10)13-11(14)15-7-2-3-8-15/h4-6H,2-3,7-8H2,1H3. The first kappa shape index (κ1) is 8.71. The number of hydrogen-bond donors (Lipinski definition) is 0. The molecule has 1 saturated heterocycles. The smallest absolute Gasteiger partial charge is 0.207 e. The minimum Gasteiger partial charge on any atom is -0.342 e. The van der Waals surface area contributed by atoms with Crippen LogP contribution in [0.4, 0.5) is 5.95 Å². The van der Waals surface area contributed by atoms with Crippen LogP contribution in [0.5, 0.6) is 0 Å². The lowest BCUT2D eigenvalue weighted by atomic mass is 10.4. The molecule has 3 rings (SSSR count). The van der Waals surface area contributed by atoms with E-state index in [0.717, 1.165) is 30.2 Å². The summed E-state index contributed by atoms with van der Waals surface area (Å²) >= 11 is 0. The van der Waals surface area contributed by atoms with Gasteiger partial charge < -0.3 is 4.90 Å². The molecule has 2 aromatic rings. The fourth-order valence-corrected chi connectivity index (χ4v) is 2.21. The first-order chi connectivity index (χ1) is 7.36. The zero-order chi connectivity index (χ0) is 10.3. The molecule has 2 aromatic heterocycles. The summed E-state index contributed by atoms with van der Waals surface area (Å²) in [6, 6.07) is 3.95. The van der Waals surface area contributed by atoms with Crippen molar-refractivity contribution in [3.8, 4) is 0 Å². The number of aryl methyl sites for hydroxylation is 1. The number of nitrogens with zero attached hydrogens (tertiary/aromatic N) is 4. The van der Waals surface area contributed by atoms with Gasteiger partial charge in [0, 0.05) is 26.3 Å². The average molecular weight is 202 g/mol. The Hall–Kier alpha value is -1.58. The van der Waals surface area contributed by atoms with E-state index in [-0.39, 0.29) is 0 Å². The third-order valence-electron chi connectivity index (χ3n) is 2.99. The average Bonchev–Trinajstić information content (AvgIpc) is 2.87. The van der Waals surface area contributed by atoms with Crippen LogP contribution in [0, 0.1) is 0 Å². The zero-order valence-corrected chi connectivity index (χ0v) is 8.85. The Morgan fingerprint density at radius 2 is 2.07 bits per heavy atom. The molecule has 0 amide bonds. The molecule has 15 heavy (non-hydrogen) atoms. The molecule has 0 bridgehead atoms. The molecule has 78 valence electrons. The van der Waals surface area contributed by atoms with Crippen LogP contribution in [-0.4, -0.2) is 27.6 Å². The maximum absolute atomic E-state index is 4.62. The van der Waals surface area contributed by atoms with Crippen molar-refractivity contribution in [2.45, 2.75) is 12.8 Å². The molecule has 0 atom stereocenters. The van der Waals surface area contributed by atoms with Gasteiger partial charge in [-0.15, -0.1) is 0 Å². The van der Waals surface area contributed by atoms with Crippen molar-refractivity contribution in [1.82, 2.24) is 14.5 Å². The van der Waals surface area contributed by atoms with Crippen LogP contribution < -0.4 is 4.90 Å². The van der Waals surface area contributed by atoms with Gasteiger partial charge >= 0.3 is 0 Å². The number of pyridine rings is 1. The molecule has 4 heteroatoms. The molecule has 0 N–H and O–H groups in total. The summed E-state index contributed by atoms with van der Waals surface area (Å²) in [6.45, 7) is 2.24. The summed E-state index contributed by atoms with van der Waals surface area (Å²) in [5.74, 6) is 1.06. The fraction of sp³-hybridized carbons (Fsp3) is 0.455. The van der Waals surface area contributed by atoms with Crippen molar-refractivity contribution < 1.29 is 0 Å². The molecule has 1 aliphatic heterocycles. The summed E-state index contributed by atoms with van der Waals surface area (Å²) in [5, 5.41) is 0. The highest BCUT2D eigenvalue weighted by atomic mass is 15.3. The Balaban J connectivity index is 2.14. The molecule has 0 aromatic carbocycles. The van der Waals surface area contributed by atoms with Crippen molar-refractivity contribution in [3.05, 3.63) is 18.3 Å². The van der Waals surface area contributed by atoms with E-state index in [1.165, 1.54) is 12.8 Å². The van der Waals surface area contributed by atoms with E-state index < -0.39 is 0 Å². The number of hydrogen-bond acceptors (Lipinski definition) is 3. The fourth-order valence-electron chi connectivity index (χ4n) is 2.21. The van der Waals surface area contributed by atoms with Crippen LogP contribution in [0.15, 0.2) is 18.3 Å². The number of anilines is 1. The van der Waals surface area contributed by atoms with E-state index in [1.807, 2.05) is 25.4 Å². The van der Waals surface area contributed by atoms with Gasteiger partial charge in [-0.3, -0.25) is 4.57 Å². The second-order valence-corrected chi connectivity index (χ2v) is 4.01. The van der Waals surface area contributed by atoms with Crippen LogP contribution in [0.2, 0.25) is 0 Å². The van der Waals surface area contributed by atoms with Gasteiger partial charge in [0.2, 0.25) is 5.95 Å². The topological polar surface area (TPSA) is 34.0 Å². The highest BCUT2D eigenvalue weighted by molar-refractivity contribution is 5.74. The number of rotatable bonds is 1. The van der Waals surface area contributed by atoms with Crippen LogP contribution in [0.1, 0.15) is 12.8 Å². The predicted octanol–water partition coefficient (Wildman–Crippen LogP) is 1.57. The normalized spacial score (nSPS) is 16.5. The second-order valence-electron chi connectivity index (χ2n) is 4.01. The largest absolute Gasteiger partial charge is 0.342 e. The second kappa shape index (κ2) is 3.22. The van der Waals surface area contributed by atoms with Crippen molar-refractivity contribution in [2.75, 3.05) is 18.0 Å². The number of aromatic nitrogens is 3. The van der Waals surface area contributed by atoms with Crippen molar-refractivity contribution >= 4 is 17.1 Å². The van der Waals surface area contributed by atoms with Crippen molar-refractivity contribution in [2.24, 2.45) is 7.05 Å². The van der Waals surface area contributed by atoms with Gasteiger partial charge in [-0.05, 0) is 25.0 Å². The summed E-state index contributed by atoms with van der Waals surface area (Å²) in [6.07, 6.45) is 4.37. The molecule has 1 aliphatic rings. The molecule has 4 nitrogen and oxygen atoms in total. The lowest BCUT2D eigenvalue weighted by molar-refractivity contribution is 0.832. The van der Waals surface area contributed by atoms with Gasteiger partial charge in [0.05, 0.1) is 0 Å². The van der Waals surface area contributed by atoms with E-state index in [2.05, 4.69) is 19.4 Å². The quantitative estimate of drug-likeness (QED) is 0.704. The Morgan fingerprint density at radius 1 is 1.27 bits per heavy atom. The van der Waals surface area contributed by atoms with Gasteiger partial charge in [0.1, 0.15) is 5.52 Å². The molecule has 0 saturated carbocycles. The third-order valence-corrected chi connectivity index (χ3v) is 2.99. The zero-order valence-electron chi connectivity index (χ0n) is 8.85. The Bertz CT molecular complexity index is 482. The van der Waals surface area contributed by atoms with E-state index in [0.29, 0.717) is 0 Å². The van der Waals surface area contributed by atoms with Gasteiger partial charge in [-0.2, -0.15) is 0 Å². The lowest BCUT2D eigenvalue weighted by Gasteiger charge is -2.15. The SMILES string of the molecule is Cn1c(N2CCCC2)nc2cccnc21. The monoisotopic (exact) mass is 202 g/mol. The number of imidazole rings is 1. The molecule has 0 aliphatic carbocycles. The van der Waals surface area contributed by atoms with Crippen LogP contribution in [0.25, 0.3) is 11.2 Å². The van der Waals surface area contributed by atoms with E-state index in [1.54, 1.807) is 0 Å². The summed E-state index contributed by atoms with van der Waals surface area (Å²) in [4.78, 5) is 11.3. The molecule has 3 heterocycles. The first-order valence-electron chi connectivity index (χ1n) is 5.38. The first-order valence-corrected chi connectivity index (χ1v) is 5.38. The van der Waals surface area contributed by atoms with Crippen LogP contribution >= 0.6 is 0 Å². The lowest BCUT2D eigenvalue weighted by Crippen LogP contribution is -2.21.